The highest BCUT2D eigenvalue weighted by Gasteiger charge is 2.34. The number of hydrogen-bond donors (Lipinski definition) is 1. The third-order valence-corrected chi connectivity index (χ3v) is 3.45. The first-order valence-electron chi connectivity index (χ1n) is 5.82. The van der Waals surface area contributed by atoms with Crippen LogP contribution in [0.4, 0.5) is 19.0 Å². The van der Waals surface area contributed by atoms with Crippen LogP contribution in [0.2, 0.25) is 0 Å². The summed E-state index contributed by atoms with van der Waals surface area (Å²) in [5.74, 6) is 0.583. The van der Waals surface area contributed by atoms with Gasteiger partial charge in [0.15, 0.2) is 0 Å². The van der Waals surface area contributed by atoms with Gasteiger partial charge >= 0.3 is 6.18 Å². The Balaban J connectivity index is 2.12. The summed E-state index contributed by atoms with van der Waals surface area (Å²) in [5, 5.41) is 0. The molecule has 0 bridgehead atoms. The van der Waals surface area contributed by atoms with Crippen molar-refractivity contribution in [3.63, 3.8) is 0 Å². The Morgan fingerprint density at radius 1 is 1.44 bits per heavy atom. The van der Waals surface area contributed by atoms with Crippen LogP contribution in [0.1, 0.15) is 18.9 Å². The molecule has 1 aliphatic heterocycles. The maximum absolute atomic E-state index is 12.4. The van der Waals surface area contributed by atoms with E-state index in [0.717, 1.165) is 31.8 Å². The molecule has 1 fully saturated rings. The number of hydrogen-bond acceptors (Lipinski definition) is 3. The maximum atomic E-state index is 12.4. The fourth-order valence-electron chi connectivity index (χ4n) is 2.13. The molecular weight excluding hydrogens is 243 g/mol. The van der Waals surface area contributed by atoms with Crippen LogP contribution in [-0.2, 0) is 6.18 Å². The first-order valence-corrected chi connectivity index (χ1v) is 5.82. The number of rotatable bonds is 2. The molecule has 0 radical (unpaired) electrons. The molecule has 100 valence electrons. The highest BCUT2D eigenvalue weighted by atomic mass is 19.4. The summed E-state index contributed by atoms with van der Waals surface area (Å²) in [4.78, 5) is 5.87. The van der Waals surface area contributed by atoms with Gasteiger partial charge < -0.3 is 10.6 Å². The lowest BCUT2D eigenvalue weighted by Crippen LogP contribution is -2.31. The van der Waals surface area contributed by atoms with E-state index in [4.69, 9.17) is 5.73 Å². The molecule has 3 nitrogen and oxygen atoms in total. The topological polar surface area (TPSA) is 42.1 Å². The monoisotopic (exact) mass is 259 g/mol. The summed E-state index contributed by atoms with van der Waals surface area (Å²) >= 11 is 0. The Morgan fingerprint density at radius 2 is 2.17 bits per heavy atom. The van der Waals surface area contributed by atoms with E-state index in [1.165, 1.54) is 6.07 Å². The number of nitrogens with zero attached hydrogens (tertiary/aromatic N) is 2. The number of nitrogens with two attached hydrogens (primary N) is 1. The van der Waals surface area contributed by atoms with E-state index in [1.807, 2.05) is 4.90 Å². The fourth-order valence-corrected chi connectivity index (χ4v) is 2.13. The molecule has 2 N–H and O–H groups in total. The van der Waals surface area contributed by atoms with Gasteiger partial charge in [-0.15, -0.1) is 0 Å². The van der Waals surface area contributed by atoms with E-state index < -0.39 is 11.7 Å². The predicted molar refractivity (Wildman–Crippen MR) is 63.2 cm³/mol. The average molecular weight is 259 g/mol. The molecule has 1 atom stereocenters. The van der Waals surface area contributed by atoms with Gasteiger partial charge in [0.1, 0.15) is 5.82 Å². The van der Waals surface area contributed by atoms with E-state index in [2.05, 4.69) is 11.9 Å². The molecule has 0 spiro atoms. The Labute approximate surface area is 104 Å². The second-order valence-corrected chi connectivity index (χ2v) is 5.09. The molecule has 1 saturated heterocycles. The van der Waals surface area contributed by atoms with Crippen LogP contribution in [0, 0.1) is 5.41 Å². The molecule has 1 aliphatic rings. The van der Waals surface area contributed by atoms with E-state index in [9.17, 15) is 13.2 Å². The first-order chi connectivity index (χ1) is 8.34. The van der Waals surface area contributed by atoms with E-state index in [0.29, 0.717) is 12.4 Å². The smallest absolute Gasteiger partial charge is 0.356 e. The van der Waals surface area contributed by atoms with Crippen molar-refractivity contribution < 1.29 is 13.2 Å². The van der Waals surface area contributed by atoms with Crippen molar-refractivity contribution in [1.82, 2.24) is 4.98 Å². The zero-order valence-electron chi connectivity index (χ0n) is 10.2. The van der Waals surface area contributed by atoms with Gasteiger partial charge in [0.25, 0.3) is 0 Å². The van der Waals surface area contributed by atoms with Gasteiger partial charge in [0, 0.05) is 19.3 Å². The highest BCUT2D eigenvalue weighted by Crippen LogP contribution is 2.33. The van der Waals surface area contributed by atoms with Crippen molar-refractivity contribution in [3.05, 3.63) is 23.9 Å². The van der Waals surface area contributed by atoms with Crippen LogP contribution in [0.3, 0.4) is 0 Å². The maximum Gasteiger partial charge on any atom is 0.417 e. The SMILES string of the molecule is CC1(CN)CCN(c2ccc(C(F)(F)F)cn2)C1. The van der Waals surface area contributed by atoms with Crippen molar-refractivity contribution >= 4 is 5.82 Å². The number of aromatic nitrogens is 1. The van der Waals surface area contributed by atoms with Gasteiger partial charge in [0.2, 0.25) is 0 Å². The Bertz CT molecular complexity index is 416. The van der Waals surface area contributed by atoms with Gasteiger partial charge in [-0.3, -0.25) is 0 Å². The Morgan fingerprint density at radius 3 is 2.61 bits per heavy atom. The van der Waals surface area contributed by atoms with Gasteiger partial charge in [-0.1, -0.05) is 6.92 Å². The Kier molecular flexibility index (Phi) is 3.23. The van der Waals surface area contributed by atoms with Crippen molar-refractivity contribution in [2.75, 3.05) is 24.5 Å². The molecule has 18 heavy (non-hydrogen) atoms. The van der Waals surface area contributed by atoms with Crippen LogP contribution in [0.15, 0.2) is 18.3 Å². The molecule has 1 unspecified atom stereocenters. The molecule has 1 aromatic heterocycles. The predicted octanol–water partition coefficient (Wildman–Crippen LogP) is 2.28. The number of pyridine rings is 1. The van der Waals surface area contributed by atoms with Crippen molar-refractivity contribution in [3.8, 4) is 0 Å². The third kappa shape index (κ3) is 2.58. The average Bonchev–Trinajstić information content (AvgIpc) is 2.72. The number of alkyl halides is 3. The zero-order chi connectivity index (χ0) is 13.4. The van der Waals surface area contributed by atoms with Gasteiger partial charge in [-0.2, -0.15) is 13.2 Å². The first kappa shape index (κ1) is 13.1. The molecule has 2 rings (SSSR count). The third-order valence-electron chi connectivity index (χ3n) is 3.45. The standard InChI is InChI=1S/C12H16F3N3/c1-11(7-16)4-5-18(8-11)10-3-2-9(6-17-10)12(13,14)15/h2-3,6H,4-5,7-8,16H2,1H3. The van der Waals surface area contributed by atoms with Crippen LogP contribution < -0.4 is 10.6 Å². The lowest BCUT2D eigenvalue weighted by Gasteiger charge is -2.23. The highest BCUT2D eigenvalue weighted by molar-refractivity contribution is 5.41. The normalized spacial score (nSPS) is 24.6. The summed E-state index contributed by atoms with van der Waals surface area (Å²) in [6.07, 6.45) is -2.51. The van der Waals surface area contributed by atoms with E-state index >= 15 is 0 Å². The quantitative estimate of drug-likeness (QED) is 0.886. The van der Waals surface area contributed by atoms with Gasteiger partial charge in [-0.25, -0.2) is 4.98 Å². The van der Waals surface area contributed by atoms with E-state index in [1.54, 1.807) is 0 Å². The minimum atomic E-state index is -4.33. The van der Waals surface area contributed by atoms with Crippen LogP contribution in [-0.4, -0.2) is 24.6 Å². The summed E-state index contributed by atoms with van der Waals surface area (Å²) in [6.45, 7) is 4.18. The largest absolute Gasteiger partial charge is 0.417 e. The lowest BCUT2D eigenvalue weighted by atomic mass is 9.90. The minimum absolute atomic E-state index is 0.0321. The summed E-state index contributed by atoms with van der Waals surface area (Å²) < 4.78 is 37.2. The van der Waals surface area contributed by atoms with Crippen molar-refractivity contribution in [1.29, 1.82) is 0 Å². The summed E-state index contributed by atoms with van der Waals surface area (Å²) in [6, 6.07) is 2.49. The van der Waals surface area contributed by atoms with Crippen LogP contribution >= 0.6 is 0 Å². The number of halogens is 3. The molecule has 6 heteroatoms. The van der Waals surface area contributed by atoms with Gasteiger partial charge in [0.05, 0.1) is 5.56 Å². The van der Waals surface area contributed by atoms with Crippen molar-refractivity contribution in [2.45, 2.75) is 19.5 Å². The molecule has 0 amide bonds. The molecular formula is C12H16F3N3. The second-order valence-electron chi connectivity index (χ2n) is 5.09. The Hall–Kier alpha value is -1.30. The summed E-state index contributed by atoms with van der Waals surface area (Å²) in [5.41, 5.74) is 5.01. The van der Waals surface area contributed by atoms with Crippen molar-refractivity contribution in [2.24, 2.45) is 11.1 Å². The fraction of sp³-hybridized carbons (Fsp3) is 0.583. The second kappa shape index (κ2) is 4.42. The van der Waals surface area contributed by atoms with Gasteiger partial charge in [-0.05, 0) is 30.5 Å². The molecule has 1 aromatic rings. The molecule has 0 aromatic carbocycles. The number of anilines is 1. The molecule has 0 aliphatic carbocycles. The molecule has 2 heterocycles. The molecule has 0 saturated carbocycles. The van der Waals surface area contributed by atoms with Crippen LogP contribution in [0.25, 0.3) is 0 Å². The van der Waals surface area contributed by atoms with E-state index in [-0.39, 0.29) is 5.41 Å². The summed E-state index contributed by atoms with van der Waals surface area (Å²) in [7, 11) is 0. The lowest BCUT2D eigenvalue weighted by molar-refractivity contribution is -0.137. The minimum Gasteiger partial charge on any atom is -0.356 e. The zero-order valence-corrected chi connectivity index (χ0v) is 10.2. The van der Waals surface area contributed by atoms with Crippen LogP contribution in [0.5, 0.6) is 0 Å².